The van der Waals surface area contributed by atoms with Crippen molar-refractivity contribution in [2.45, 2.75) is 13.0 Å². The van der Waals surface area contributed by atoms with Gasteiger partial charge >= 0.3 is 0 Å². The molecule has 0 fully saturated rings. The highest BCUT2D eigenvalue weighted by Crippen LogP contribution is 1.92. The van der Waals surface area contributed by atoms with Gasteiger partial charge in [0.2, 0.25) is 0 Å². The average Bonchev–Trinajstić information content (AvgIpc) is 2.08. The number of aryl methyl sites for hydroxylation is 1. The van der Waals surface area contributed by atoms with Crippen LogP contribution >= 0.6 is 0 Å². The maximum Gasteiger partial charge on any atom is 0.273 e. The first-order valence-corrected chi connectivity index (χ1v) is 3.90. The first kappa shape index (κ1) is 8.80. The van der Waals surface area contributed by atoms with Gasteiger partial charge in [-0.1, -0.05) is 0 Å². The summed E-state index contributed by atoms with van der Waals surface area (Å²) < 4.78 is 1.57. The Labute approximate surface area is 70.8 Å². The molecule has 0 amide bonds. The molecule has 4 heteroatoms. The fourth-order valence-electron chi connectivity index (χ4n) is 0.993. The van der Waals surface area contributed by atoms with Gasteiger partial charge in [0.25, 0.3) is 5.56 Å². The van der Waals surface area contributed by atoms with Crippen molar-refractivity contribution in [1.82, 2.24) is 4.57 Å². The number of nitrogen functional groups attached to an aromatic ring is 1. The number of pyridine rings is 1. The molecule has 1 aromatic rings. The number of rotatable bonds is 3. The van der Waals surface area contributed by atoms with Crippen LogP contribution in [0.4, 0.5) is 5.69 Å². The van der Waals surface area contributed by atoms with Gasteiger partial charge in [-0.3, -0.25) is 4.79 Å². The summed E-state index contributed by atoms with van der Waals surface area (Å²) >= 11 is 0. The molecule has 12 heavy (non-hydrogen) atoms. The van der Waals surface area contributed by atoms with E-state index in [-0.39, 0.29) is 11.2 Å². The van der Waals surface area contributed by atoms with Gasteiger partial charge in [0.05, 0.1) is 5.69 Å². The smallest absolute Gasteiger partial charge is 0.273 e. The molecule has 1 aromatic heterocycles. The normalized spacial score (nSPS) is 10.1. The van der Waals surface area contributed by atoms with E-state index in [0.717, 1.165) is 6.42 Å². The Balaban J connectivity index is 2.85. The molecular weight excluding hydrogens is 154 g/mol. The molecule has 0 spiro atoms. The third-order valence-corrected chi connectivity index (χ3v) is 1.65. The van der Waals surface area contributed by atoms with E-state index in [9.17, 15) is 4.79 Å². The highest BCUT2D eigenvalue weighted by atomic mass is 16.1. The first-order chi connectivity index (χ1) is 5.75. The van der Waals surface area contributed by atoms with Crippen molar-refractivity contribution in [3.63, 3.8) is 0 Å². The van der Waals surface area contributed by atoms with E-state index in [4.69, 9.17) is 11.5 Å². The summed E-state index contributed by atoms with van der Waals surface area (Å²) in [5, 5.41) is 0. The van der Waals surface area contributed by atoms with Crippen molar-refractivity contribution in [3.8, 4) is 0 Å². The predicted molar refractivity (Wildman–Crippen MR) is 48.8 cm³/mol. The van der Waals surface area contributed by atoms with Gasteiger partial charge < -0.3 is 16.0 Å². The maximum absolute atomic E-state index is 11.3. The summed E-state index contributed by atoms with van der Waals surface area (Å²) in [4.78, 5) is 11.3. The lowest BCUT2D eigenvalue weighted by atomic mass is 10.3. The molecule has 4 N–H and O–H groups in total. The van der Waals surface area contributed by atoms with E-state index in [1.807, 2.05) is 0 Å². The van der Waals surface area contributed by atoms with E-state index in [1.165, 1.54) is 0 Å². The quantitative estimate of drug-likeness (QED) is 0.653. The van der Waals surface area contributed by atoms with Crippen LogP contribution in [0.5, 0.6) is 0 Å². The predicted octanol–water partition coefficient (Wildman–Crippen LogP) is -0.221. The summed E-state index contributed by atoms with van der Waals surface area (Å²) in [6, 6.07) is 3.36. The Kier molecular flexibility index (Phi) is 2.88. The second-order valence-corrected chi connectivity index (χ2v) is 2.60. The van der Waals surface area contributed by atoms with Crippen LogP contribution in [0, 0.1) is 0 Å². The molecule has 0 aliphatic rings. The highest BCUT2D eigenvalue weighted by Gasteiger charge is 1.96. The number of nitrogens with zero attached hydrogens (tertiary/aromatic N) is 1. The maximum atomic E-state index is 11.3. The second kappa shape index (κ2) is 3.92. The third kappa shape index (κ3) is 1.85. The van der Waals surface area contributed by atoms with Crippen molar-refractivity contribution in [1.29, 1.82) is 0 Å². The topological polar surface area (TPSA) is 74.0 Å². The van der Waals surface area contributed by atoms with Crippen LogP contribution in [0.2, 0.25) is 0 Å². The molecule has 0 unspecified atom stereocenters. The number of hydrogen-bond donors (Lipinski definition) is 2. The lowest BCUT2D eigenvalue weighted by Crippen LogP contribution is -2.22. The molecule has 4 nitrogen and oxygen atoms in total. The molecule has 0 saturated carbocycles. The summed E-state index contributed by atoms with van der Waals surface area (Å²) in [7, 11) is 0. The molecule has 0 atom stereocenters. The molecule has 0 aliphatic heterocycles. The minimum absolute atomic E-state index is 0.133. The van der Waals surface area contributed by atoms with E-state index >= 15 is 0 Å². The zero-order valence-corrected chi connectivity index (χ0v) is 6.86. The minimum atomic E-state index is -0.133. The molecule has 1 rings (SSSR count). The monoisotopic (exact) mass is 167 g/mol. The average molecular weight is 167 g/mol. The van der Waals surface area contributed by atoms with Crippen molar-refractivity contribution >= 4 is 5.69 Å². The summed E-state index contributed by atoms with van der Waals surface area (Å²) in [5.41, 5.74) is 10.9. The van der Waals surface area contributed by atoms with Crippen LogP contribution < -0.4 is 17.0 Å². The molecule has 0 radical (unpaired) electrons. The molecule has 0 bridgehead atoms. The zero-order valence-electron chi connectivity index (χ0n) is 6.86. The third-order valence-electron chi connectivity index (χ3n) is 1.65. The Bertz CT molecular complexity index is 305. The fraction of sp³-hybridized carbons (Fsp3) is 0.375. The van der Waals surface area contributed by atoms with E-state index in [1.54, 1.807) is 22.9 Å². The Morgan fingerprint density at radius 3 is 2.92 bits per heavy atom. The van der Waals surface area contributed by atoms with E-state index in [0.29, 0.717) is 13.1 Å². The van der Waals surface area contributed by atoms with Gasteiger partial charge in [-0.05, 0) is 25.1 Å². The summed E-state index contributed by atoms with van der Waals surface area (Å²) in [5.74, 6) is 0. The van der Waals surface area contributed by atoms with Gasteiger partial charge in [-0.25, -0.2) is 0 Å². The second-order valence-electron chi connectivity index (χ2n) is 2.60. The highest BCUT2D eigenvalue weighted by molar-refractivity contribution is 5.33. The van der Waals surface area contributed by atoms with Crippen LogP contribution in [-0.2, 0) is 6.54 Å². The van der Waals surface area contributed by atoms with Crippen LogP contribution in [0.15, 0.2) is 23.1 Å². The van der Waals surface area contributed by atoms with Gasteiger partial charge in [0, 0.05) is 12.7 Å². The number of hydrogen-bond acceptors (Lipinski definition) is 3. The lowest BCUT2D eigenvalue weighted by Gasteiger charge is -2.03. The minimum Gasteiger partial charge on any atom is -0.394 e. The SMILES string of the molecule is NCCCn1cccc(N)c1=O. The standard InChI is InChI=1S/C8H13N3O/c9-4-2-6-11-5-1-3-7(10)8(11)12/h1,3,5H,2,4,6,9-10H2. The lowest BCUT2D eigenvalue weighted by molar-refractivity contribution is 0.631. The number of aromatic nitrogens is 1. The number of nitrogens with two attached hydrogens (primary N) is 2. The van der Waals surface area contributed by atoms with E-state index in [2.05, 4.69) is 0 Å². The largest absolute Gasteiger partial charge is 0.394 e. The summed E-state index contributed by atoms with van der Waals surface area (Å²) in [6.07, 6.45) is 2.51. The Morgan fingerprint density at radius 2 is 2.25 bits per heavy atom. The van der Waals surface area contributed by atoms with Gasteiger partial charge in [0.1, 0.15) is 0 Å². The Morgan fingerprint density at radius 1 is 1.50 bits per heavy atom. The zero-order chi connectivity index (χ0) is 8.97. The van der Waals surface area contributed by atoms with Crippen LogP contribution in [-0.4, -0.2) is 11.1 Å². The fourth-order valence-corrected chi connectivity index (χ4v) is 0.993. The van der Waals surface area contributed by atoms with Crippen molar-refractivity contribution in [3.05, 3.63) is 28.7 Å². The molecule has 0 aromatic carbocycles. The molecule has 1 heterocycles. The molecule has 0 saturated heterocycles. The van der Waals surface area contributed by atoms with Crippen molar-refractivity contribution in [2.75, 3.05) is 12.3 Å². The van der Waals surface area contributed by atoms with Crippen LogP contribution in [0.1, 0.15) is 6.42 Å². The Hall–Kier alpha value is -1.29. The van der Waals surface area contributed by atoms with E-state index < -0.39 is 0 Å². The van der Waals surface area contributed by atoms with Gasteiger partial charge in [-0.15, -0.1) is 0 Å². The van der Waals surface area contributed by atoms with Crippen molar-refractivity contribution < 1.29 is 0 Å². The van der Waals surface area contributed by atoms with Crippen molar-refractivity contribution in [2.24, 2.45) is 5.73 Å². The summed E-state index contributed by atoms with van der Waals surface area (Å²) in [6.45, 7) is 1.22. The molecule has 0 aliphatic carbocycles. The first-order valence-electron chi connectivity index (χ1n) is 3.90. The number of anilines is 1. The van der Waals surface area contributed by atoms with Gasteiger partial charge in [-0.2, -0.15) is 0 Å². The van der Waals surface area contributed by atoms with Crippen LogP contribution in [0.3, 0.4) is 0 Å². The van der Waals surface area contributed by atoms with Crippen LogP contribution in [0.25, 0.3) is 0 Å². The molecule has 66 valence electrons. The molecular formula is C8H13N3O. The van der Waals surface area contributed by atoms with Gasteiger partial charge in [0.15, 0.2) is 0 Å².